The lowest BCUT2D eigenvalue weighted by Gasteiger charge is -2.39. The first-order valence-electron chi connectivity index (χ1n) is 10.8. The Hall–Kier alpha value is -2.50. The van der Waals surface area contributed by atoms with Gasteiger partial charge in [0.2, 0.25) is 10.0 Å². The summed E-state index contributed by atoms with van der Waals surface area (Å²) in [7, 11) is -3.64. The Morgan fingerprint density at radius 1 is 0.903 bits per heavy atom. The average Bonchev–Trinajstić information content (AvgIpc) is 3.23. The zero-order chi connectivity index (χ0) is 22.4. The second-order valence-electron chi connectivity index (χ2n) is 8.64. The Balaban J connectivity index is 1.83. The first kappa shape index (κ1) is 21.7. The first-order chi connectivity index (χ1) is 14.7. The quantitative estimate of drug-likeness (QED) is 0.667. The van der Waals surface area contributed by atoms with E-state index in [0.717, 1.165) is 34.3 Å². The van der Waals surface area contributed by atoms with E-state index in [0.29, 0.717) is 23.4 Å². The van der Waals surface area contributed by atoms with Crippen LogP contribution < -0.4 is 0 Å². The van der Waals surface area contributed by atoms with Crippen LogP contribution in [0.1, 0.15) is 44.7 Å². The van der Waals surface area contributed by atoms with E-state index in [4.69, 9.17) is 0 Å². The maximum Gasteiger partial charge on any atom is 0.243 e. The number of aryl methyl sites for hydroxylation is 1. The van der Waals surface area contributed by atoms with Gasteiger partial charge in [-0.3, -0.25) is 4.79 Å². The van der Waals surface area contributed by atoms with Crippen molar-refractivity contribution in [3.63, 3.8) is 0 Å². The molecular formula is C26H29NO3S. The van der Waals surface area contributed by atoms with Gasteiger partial charge in [-0.2, -0.15) is 4.31 Å². The fourth-order valence-electron chi connectivity index (χ4n) is 5.09. The highest BCUT2D eigenvalue weighted by molar-refractivity contribution is 7.89. The summed E-state index contributed by atoms with van der Waals surface area (Å²) in [5.41, 5.74) is 4.86. The van der Waals surface area contributed by atoms with Crippen LogP contribution in [0.5, 0.6) is 0 Å². The van der Waals surface area contributed by atoms with Crippen molar-refractivity contribution < 1.29 is 13.2 Å². The molecule has 1 atom stereocenters. The topological polar surface area (TPSA) is 54.5 Å². The predicted molar refractivity (Wildman–Crippen MR) is 123 cm³/mol. The number of carbonyl (C=O) groups is 1. The molecule has 0 saturated carbocycles. The van der Waals surface area contributed by atoms with Crippen LogP contribution in [-0.2, 0) is 20.2 Å². The number of fused-ring (bicyclic) bond motifs is 1. The number of ketones is 1. The van der Waals surface area contributed by atoms with Crippen molar-refractivity contribution in [2.45, 2.75) is 50.8 Å². The fraction of sp³-hybridized carbons (Fsp3) is 0.346. The molecule has 1 aliphatic carbocycles. The van der Waals surface area contributed by atoms with Gasteiger partial charge in [-0.25, -0.2) is 8.42 Å². The van der Waals surface area contributed by atoms with Crippen molar-refractivity contribution in [1.29, 1.82) is 0 Å². The molecule has 0 bridgehead atoms. The number of allylic oxidation sites excluding steroid dienone is 2. The van der Waals surface area contributed by atoms with Crippen LogP contribution >= 0.6 is 0 Å². The van der Waals surface area contributed by atoms with E-state index >= 15 is 0 Å². The van der Waals surface area contributed by atoms with E-state index < -0.39 is 15.4 Å². The van der Waals surface area contributed by atoms with Crippen molar-refractivity contribution in [3.8, 4) is 0 Å². The van der Waals surface area contributed by atoms with Crippen LogP contribution in [0.3, 0.4) is 0 Å². The van der Waals surface area contributed by atoms with E-state index in [1.54, 1.807) is 12.1 Å². The van der Waals surface area contributed by atoms with Gasteiger partial charge in [0, 0.05) is 13.1 Å². The smallest absolute Gasteiger partial charge is 0.243 e. The summed E-state index contributed by atoms with van der Waals surface area (Å²) in [6.07, 6.45) is 1.57. The Labute approximate surface area is 185 Å². The summed E-state index contributed by atoms with van der Waals surface area (Å²) >= 11 is 0. The summed E-state index contributed by atoms with van der Waals surface area (Å²) in [5.74, 6) is 0.103. The van der Waals surface area contributed by atoms with E-state index in [2.05, 4.69) is 6.92 Å². The molecule has 1 unspecified atom stereocenters. The molecule has 162 valence electrons. The molecule has 1 aliphatic heterocycles. The molecule has 0 amide bonds. The van der Waals surface area contributed by atoms with Gasteiger partial charge in [0.25, 0.3) is 0 Å². The molecule has 0 aromatic heterocycles. The number of Topliss-reactive ketones (excluding diaryl/α,β-unsaturated/α-hetero) is 1. The van der Waals surface area contributed by atoms with E-state index in [1.807, 2.05) is 63.2 Å². The highest BCUT2D eigenvalue weighted by Gasteiger charge is 2.49. The zero-order valence-corrected chi connectivity index (χ0v) is 19.4. The number of benzene rings is 2. The number of rotatable bonds is 5. The molecule has 0 radical (unpaired) electrons. The Morgan fingerprint density at radius 3 is 2.13 bits per heavy atom. The molecule has 2 aromatic carbocycles. The normalized spacial score (nSPS) is 22.3. The molecule has 4 rings (SSSR count). The molecule has 0 N–H and O–H groups in total. The minimum atomic E-state index is -3.64. The minimum absolute atomic E-state index is 0.103. The molecule has 31 heavy (non-hydrogen) atoms. The molecule has 0 spiro atoms. The van der Waals surface area contributed by atoms with Crippen LogP contribution in [0.25, 0.3) is 0 Å². The maximum absolute atomic E-state index is 13.8. The predicted octanol–water partition coefficient (Wildman–Crippen LogP) is 4.95. The molecule has 5 heteroatoms. The van der Waals surface area contributed by atoms with Crippen LogP contribution in [-0.4, -0.2) is 31.6 Å². The third kappa shape index (κ3) is 3.31. The Kier molecular flexibility index (Phi) is 5.52. The summed E-state index contributed by atoms with van der Waals surface area (Å²) in [6, 6.07) is 16.9. The standard InChI is InChI=1S/C26H29NO3S/c1-5-15-26(21-9-7-6-8-10-21)20(4)24-17-27(16-23(24)19(3)25(26)28)31(29,30)22-13-11-18(2)12-14-22/h6-14H,5,15-17H2,1-4H3. The number of hydrogen-bond acceptors (Lipinski definition) is 3. The minimum Gasteiger partial charge on any atom is -0.293 e. The van der Waals surface area contributed by atoms with Crippen LogP contribution in [0.4, 0.5) is 0 Å². The van der Waals surface area contributed by atoms with Gasteiger partial charge in [-0.15, -0.1) is 0 Å². The Morgan fingerprint density at radius 2 is 1.52 bits per heavy atom. The van der Waals surface area contributed by atoms with Gasteiger partial charge in [0.15, 0.2) is 5.78 Å². The largest absolute Gasteiger partial charge is 0.293 e. The zero-order valence-electron chi connectivity index (χ0n) is 18.6. The van der Waals surface area contributed by atoms with E-state index in [-0.39, 0.29) is 12.3 Å². The van der Waals surface area contributed by atoms with Crippen LogP contribution in [0, 0.1) is 6.92 Å². The lowest BCUT2D eigenvalue weighted by molar-refractivity contribution is -0.120. The summed E-state index contributed by atoms with van der Waals surface area (Å²) < 4.78 is 28.2. The highest BCUT2D eigenvalue weighted by atomic mass is 32.2. The average molecular weight is 436 g/mol. The van der Waals surface area contributed by atoms with Crippen molar-refractivity contribution >= 4 is 15.8 Å². The second-order valence-corrected chi connectivity index (χ2v) is 10.6. The van der Waals surface area contributed by atoms with Crippen LogP contribution in [0.2, 0.25) is 0 Å². The molecule has 1 heterocycles. The van der Waals surface area contributed by atoms with Crippen molar-refractivity contribution in [2.24, 2.45) is 0 Å². The van der Waals surface area contributed by atoms with Gasteiger partial charge in [0.05, 0.1) is 10.3 Å². The van der Waals surface area contributed by atoms with Gasteiger partial charge in [-0.05, 0) is 61.6 Å². The van der Waals surface area contributed by atoms with Gasteiger partial charge < -0.3 is 0 Å². The lowest BCUT2D eigenvalue weighted by Crippen LogP contribution is -2.41. The Bertz CT molecular complexity index is 1190. The summed E-state index contributed by atoms with van der Waals surface area (Å²) in [5, 5.41) is 0. The molecule has 2 aliphatic rings. The van der Waals surface area contributed by atoms with Gasteiger partial charge in [-0.1, -0.05) is 66.9 Å². The number of sulfonamides is 1. The monoisotopic (exact) mass is 435 g/mol. The van der Waals surface area contributed by atoms with Crippen LogP contribution in [0.15, 0.2) is 81.8 Å². The molecular weight excluding hydrogens is 406 g/mol. The molecule has 1 saturated heterocycles. The van der Waals surface area contributed by atoms with Crippen molar-refractivity contribution in [1.82, 2.24) is 4.31 Å². The molecule has 2 aromatic rings. The second kappa shape index (κ2) is 7.88. The summed E-state index contributed by atoms with van der Waals surface area (Å²) in [4.78, 5) is 14.1. The lowest BCUT2D eigenvalue weighted by atomic mass is 9.62. The van der Waals surface area contributed by atoms with Gasteiger partial charge in [0.1, 0.15) is 0 Å². The molecule has 4 nitrogen and oxygen atoms in total. The number of carbonyl (C=O) groups excluding carboxylic acids is 1. The number of hydrogen-bond donors (Lipinski definition) is 0. The molecule has 1 fully saturated rings. The highest BCUT2D eigenvalue weighted by Crippen LogP contribution is 2.48. The summed E-state index contributed by atoms with van der Waals surface area (Å²) in [6.45, 7) is 8.46. The van der Waals surface area contributed by atoms with E-state index in [1.165, 1.54) is 4.31 Å². The van der Waals surface area contributed by atoms with E-state index in [9.17, 15) is 13.2 Å². The first-order valence-corrected chi connectivity index (χ1v) is 12.2. The van der Waals surface area contributed by atoms with Gasteiger partial charge >= 0.3 is 0 Å². The maximum atomic E-state index is 13.8. The fourth-order valence-corrected chi connectivity index (χ4v) is 6.47. The van der Waals surface area contributed by atoms with Crippen molar-refractivity contribution in [3.05, 3.63) is 88.0 Å². The number of nitrogens with zero attached hydrogens (tertiary/aromatic N) is 1. The van der Waals surface area contributed by atoms with Crippen molar-refractivity contribution in [2.75, 3.05) is 13.1 Å². The third-order valence-electron chi connectivity index (χ3n) is 6.86. The SMILES string of the molecule is CCCC1(c2ccccc2)C(=O)C(C)=C2CN(S(=O)(=O)c3ccc(C)cc3)CC2=C1C. The third-order valence-corrected chi connectivity index (χ3v) is 8.66.